The van der Waals surface area contributed by atoms with Gasteiger partial charge in [-0.3, -0.25) is 4.90 Å². The maximum absolute atomic E-state index is 3.52. The predicted octanol–water partition coefficient (Wildman–Crippen LogP) is 1.33. The fourth-order valence-corrected chi connectivity index (χ4v) is 3.22. The van der Waals surface area contributed by atoms with Crippen LogP contribution in [0.1, 0.15) is 26.7 Å². The number of hydrogen-bond donors (Lipinski definition) is 1. The van der Waals surface area contributed by atoms with E-state index < -0.39 is 0 Å². The maximum atomic E-state index is 3.52. The largest absolute Gasteiger partial charge is 0.316 e. The lowest BCUT2D eigenvalue weighted by molar-refractivity contribution is 0.219. The van der Waals surface area contributed by atoms with Crippen LogP contribution in [-0.4, -0.2) is 37.1 Å². The Morgan fingerprint density at radius 2 is 2.15 bits per heavy atom. The third-order valence-corrected chi connectivity index (χ3v) is 3.75. The molecule has 2 fully saturated rings. The van der Waals surface area contributed by atoms with E-state index in [2.05, 4.69) is 24.1 Å². The summed E-state index contributed by atoms with van der Waals surface area (Å²) in [5, 5.41) is 3.52. The lowest BCUT2D eigenvalue weighted by atomic mass is 9.93. The van der Waals surface area contributed by atoms with Crippen LogP contribution in [0.4, 0.5) is 0 Å². The van der Waals surface area contributed by atoms with Gasteiger partial charge < -0.3 is 5.32 Å². The third-order valence-electron chi connectivity index (χ3n) is 3.75. The Morgan fingerprint density at radius 1 is 1.31 bits per heavy atom. The fourth-order valence-electron chi connectivity index (χ4n) is 3.22. The number of hydrogen-bond acceptors (Lipinski definition) is 2. The summed E-state index contributed by atoms with van der Waals surface area (Å²) in [5.41, 5.74) is 0. The normalized spacial score (nSPS) is 39.7. The molecule has 2 heteroatoms. The van der Waals surface area contributed by atoms with Crippen molar-refractivity contribution in [2.45, 2.75) is 32.7 Å². The molecular weight excluding hydrogens is 160 g/mol. The zero-order valence-electron chi connectivity index (χ0n) is 8.92. The summed E-state index contributed by atoms with van der Waals surface area (Å²) in [4.78, 5) is 2.72. The lowest BCUT2D eigenvalue weighted by Gasteiger charge is -2.26. The molecule has 0 saturated carbocycles. The summed E-state index contributed by atoms with van der Waals surface area (Å²) >= 11 is 0. The molecule has 3 atom stereocenters. The average molecular weight is 182 g/mol. The van der Waals surface area contributed by atoms with Crippen molar-refractivity contribution in [2.24, 2.45) is 11.8 Å². The minimum Gasteiger partial charge on any atom is -0.316 e. The van der Waals surface area contributed by atoms with Crippen LogP contribution >= 0.6 is 0 Å². The van der Waals surface area contributed by atoms with Gasteiger partial charge in [0, 0.05) is 12.6 Å². The van der Waals surface area contributed by atoms with Crippen molar-refractivity contribution in [3.63, 3.8) is 0 Å². The molecule has 2 saturated heterocycles. The van der Waals surface area contributed by atoms with Gasteiger partial charge in [0.15, 0.2) is 0 Å². The van der Waals surface area contributed by atoms with Crippen LogP contribution in [-0.2, 0) is 0 Å². The molecule has 0 aromatic heterocycles. The van der Waals surface area contributed by atoms with Gasteiger partial charge in [-0.15, -0.1) is 0 Å². The Morgan fingerprint density at radius 3 is 2.85 bits per heavy atom. The summed E-state index contributed by atoms with van der Waals surface area (Å²) in [6, 6.07) is 0.875. The molecule has 2 aliphatic rings. The molecule has 13 heavy (non-hydrogen) atoms. The highest BCUT2D eigenvalue weighted by molar-refractivity contribution is 4.97. The number of fused-ring (bicyclic) bond motifs is 1. The van der Waals surface area contributed by atoms with Crippen molar-refractivity contribution in [1.82, 2.24) is 10.2 Å². The van der Waals surface area contributed by atoms with Gasteiger partial charge >= 0.3 is 0 Å². The molecule has 2 nitrogen and oxygen atoms in total. The van der Waals surface area contributed by atoms with Gasteiger partial charge in [0.05, 0.1) is 0 Å². The SMILES string of the molecule is CCCN1CC2CNCC2C1CC. The van der Waals surface area contributed by atoms with Crippen LogP contribution in [0.3, 0.4) is 0 Å². The molecule has 2 rings (SSSR count). The van der Waals surface area contributed by atoms with Gasteiger partial charge in [-0.25, -0.2) is 0 Å². The van der Waals surface area contributed by atoms with Crippen LogP contribution in [0.2, 0.25) is 0 Å². The molecule has 2 aliphatic heterocycles. The Kier molecular flexibility index (Phi) is 2.89. The van der Waals surface area contributed by atoms with E-state index in [9.17, 15) is 0 Å². The second-order valence-electron chi connectivity index (χ2n) is 4.55. The molecule has 0 aromatic carbocycles. The van der Waals surface area contributed by atoms with E-state index in [0.717, 1.165) is 17.9 Å². The van der Waals surface area contributed by atoms with Gasteiger partial charge in [0.2, 0.25) is 0 Å². The Labute approximate surface area is 81.7 Å². The number of nitrogens with zero attached hydrogens (tertiary/aromatic N) is 1. The van der Waals surface area contributed by atoms with E-state index in [4.69, 9.17) is 0 Å². The maximum Gasteiger partial charge on any atom is 0.0137 e. The molecule has 0 aromatic rings. The van der Waals surface area contributed by atoms with E-state index in [-0.39, 0.29) is 0 Å². The highest BCUT2D eigenvalue weighted by Crippen LogP contribution is 2.33. The van der Waals surface area contributed by atoms with Gasteiger partial charge in [-0.05, 0) is 44.3 Å². The summed E-state index contributed by atoms with van der Waals surface area (Å²) in [6.45, 7) is 9.83. The third kappa shape index (κ3) is 1.62. The Bertz CT molecular complexity index is 169. The minimum atomic E-state index is 0.875. The van der Waals surface area contributed by atoms with Crippen LogP contribution in [0.5, 0.6) is 0 Å². The summed E-state index contributed by atoms with van der Waals surface area (Å²) in [7, 11) is 0. The first-order valence-electron chi connectivity index (χ1n) is 5.81. The first-order chi connectivity index (χ1) is 6.36. The standard InChI is InChI=1S/C11H22N2/c1-3-5-13-8-9-6-12-7-10(9)11(13)4-2/h9-12H,3-8H2,1-2H3. The van der Waals surface area contributed by atoms with Crippen LogP contribution in [0.25, 0.3) is 0 Å². The summed E-state index contributed by atoms with van der Waals surface area (Å²) in [6.07, 6.45) is 2.65. The highest BCUT2D eigenvalue weighted by atomic mass is 15.2. The van der Waals surface area contributed by atoms with Crippen molar-refractivity contribution >= 4 is 0 Å². The van der Waals surface area contributed by atoms with Crippen molar-refractivity contribution in [1.29, 1.82) is 0 Å². The first kappa shape index (κ1) is 9.47. The topological polar surface area (TPSA) is 15.3 Å². The predicted molar refractivity (Wildman–Crippen MR) is 55.8 cm³/mol. The molecule has 0 bridgehead atoms. The van der Waals surface area contributed by atoms with Crippen LogP contribution in [0.15, 0.2) is 0 Å². The average Bonchev–Trinajstić information content (AvgIpc) is 2.64. The second kappa shape index (κ2) is 3.97. The van der Waals surface area contributed by atoms with E-state index in [1.807, 2.05) is 0 Å². The first-order valence-corrected chi connectivity index (χ1v) is 5.81. The van der Waals surface area contributed by atoms with Crippen LogP contribution < -0.4 is 5.32 Å². The molecular formula is C11H22N2. The van der Waals surface area contributed by atoms with Gasteiger partial charge in [0.1, 0.15) is 0 Å². The monoisotopic (exact) mass is 182 g/mol. The smallest absolute Gasteiger partial charge is 0.0137 e. The van der Waals surface area contributed by atoms with Gasteiger partial charge in [-0.1, -0.05) is 13.8 Å². The minimum absolute atomic E-state index is 0.875. The van der Waals surface area contributed by atoms with Crippen LogP contribution in [0, 0.1) is 11.8 Å². The molecule has 76 valence electrons. The number of likely N-dealkylation sites (tertiary alicyclic amines) is 1. The molecule has 3 unspecified atom stereocenters. The van der Waals surface area contributed by atoms with E-state index in [1.165, 1.54) is 39.0 Å². The van der Waals surface area contributed by atoms with Crippen molar-refractivity contribution in [3.05, 3.63) is 0 Å². The Balaban J connectivity index is 1.99. The zero-order chi connectivity index (χ0) is 9.26. The molecule has 0 aliphatic carbocycles. The van der Waals surface area contributed by atoms with Crippen molar-refractivity contribution < 1.29 is 0 Å². The zero-order valence-corrected chi connectivity index (χ0v) is 8.92. The highest BCUT2D eigenvalue weighted by Gasteiger charge is 2.42. The van der Waals surface area contributed by atoms with E-state index >= 15 is 0 Å². The summed E-state index contributed by atoms with van der Waals surface area (Å²) < 4.78 is 0. The lowest BCUT2D eigenvalue weighted by Crippen LogP contribution is -2.35. The van der Waals surface area contributed by atoms with Gasteiger partial charge in [-0.2, -0.15) is 0 Å². The Hall–Kier alpha value is -0.0800. The molecule has 1 N–H and O–H groups in total. The number of rotatable bonds is 3. The quantitative estimate of drug-likeness (QED) is 0.708. The van der Waals surface area contributed by atoms with Crippen molar-refractivity contribution in [3.8, 4) is 0 Å². The van der Waals surface area contributed by atoms with Gasteiger partial charge in [0.25, 0.3) is 0 Å². The van der Waals surface area contributed by atoms with Crippen molar-refractivity contribution in [2.75, 3.05) is 26.2 Å². The molecule has 2 heterocycles. The fraction of sp³-hybridized carbons (Fsp3) is 1.00. The molecule has 0 radical (unpaired) electrons. The van der Waals surface area contributed by atoms with E-state index in [0.29, 0.717) is 0 Å². The molecule has 0 amide bonds. The molecule has 0 spiro atoms. The van der Waals surface area contributed by atoms with E-state index in [1.54, 1.807) is 0 Å². The second-order valence-corrected chi connectivity index (χ2v) is 4.55. The summed E-state index contributed by atoms with van der Waals surface area (Å²) in [5.74, 6) is 1.91. The number of nitrogens with one attached hydrogen (secondary N) is 1.